The molecular formula is C47H29N3S. The number of hydrogen-bond donors (Lipinski definition) is 0. The van der Waals surface area contributed by atoms with Crippen LogP contribution >= 0.6 is 11.3 Å². The third kappa shape index (κ3) is 5.00. The lowest BCUT2D eigenvalue weighted by Crippen LogP contribution is -2.01. The van der Waals surface area contributed by atoms with Crippen molar-refractivity contribution in [1.82, 2.24) is 15.0 Å². The summed E-state index contributed by atoms with van der Waals surface area (Å²) < 4.78 is 2.61. The molecule has 0 aliphatic rings. The molecule has 10 rings (SSSR count). The largest absolute Gasteiger partial charge is 0.247 e. The van der Waals surface area contributed by atoms with E-state index in [9.17, 15) is 0 Å². The highest BCUT2D eigenvalue weighted by Crippen LogP contribution is 2.44. The average molecular weight is 668 g/mol. The number of fused-ring (bicyclic) bond motifs is 7. The third-order valence-corrected chi connectivity index (χ3v) is 10.9. The predicted molar refractivity (Wildman–Crippen MR) is 215 cm³/mol. The number of benzene rings is 7. The first kappa shape index (κ1) is 29.4. The van der Waals surface area contributed by atoms with Crippen LogP contribution in [0.5, 0.6) is 0 Å². The standard InChI is InChI=1S/C47H29N3S/c1-4-14-31(15-5-1)44-41(45(32-16-6-2-7-17-32)50-47(49-44)34-18-8-3-9-19-34)30-24-26-33(27-25-30)43-38-29-28-36-35-20-11-13-23-40(35)51-46(36)42(38)37-21-10-12-22-39(37)48-43/h1-29H. The molecule has 3 nitrogen and oxygen atoms in total. The van der Waals surface area contributed by atoms with Crippen LogP contribution in [0.3, 0.4) is 0 Å². The van der Waals surface area contributed by atoms with Gasteiger partial charge in [0.25, 0.3) is 0 Å². The molecule has 0 fully saturated rings. The topological polar surface area (TPSA) is 38.7 Å². The molecule has 7 aromatic carbocycles. The molecule has 0 atom stereocenters. The van der Waals surface area contributed by atoms with Crippen molar-refractivity contribution in [3.05, 3.63) is 176 Å². The fourth-order valence-electron chi connectivity index (χ4n) is 7.29. The number of aromatic nitrogens is 3. The van der Waals surface area contributed by atoms with Gasteiger partial charge in [-0.1, -0.05) is 164 Å². The summed E-state index contributed by atoms with van der Waals surface area (Å²) in [6.07, 6.45) is 0. The van der Waals surface area contributed by atoms with Crippen molar-refractivity contribution in [2.45, 2.75) is 0 Å². The van der Waals surface area contributed by atoms with Crippen LogP contribution in [0, 0.1) is 0 Å². The number of hydrogen-bond acceptors (Lipinski definition) is 4. The van der Waals surface area contributed by atoms with Gasteiger partial charge in [0.15, 0.2) is 5.82 Å². The van der Waals surface area contributed by atoms with E-state index >= 15 is 0 Å². The molecule has 238 valence electrons. The second kappa shape index (κ2) is 12.1. The molecule has 51 heavy (non-hydrogen) atoms. The third-order valence-electron chi connectivity index (χ3n) is 9.69. The molecule has 0 saturated carbocycles. The van der Waals surface area contributed by atoms with Gasteiger partial charge in [-0.2, -0.15) is 0 Å². The van der Waals surface area contributed by atoms with Gasteiger partial charge in [-0.05, 0) is 17.7 Å². The van der Waals surface area contributed by atoms with Crippen molar-refractivity contribution in [1.29, 1.82) is 0 Å². The van der Waals surface area contributed by atoms with Crippen molar-refractivity contribution >= 4 is 53.2 Å². The van der Waals surface area contributed by atoms with Crippen molar-refractivity contribution in [3.63, 3.8) is 0 Å². The SMILES string of the molecule is c1ccc(-c2nc(-c3ccccc3)c(-c3ccc(-c4nc5ccccc5c5c4ccc4c6ccccc6sc45)cc3)c(-c3ccccc3)n2)cc1. The Morgan fingerprint density at radius 1 is 0.333 bits per heavy atom. The minimum atomic E-state index is 0.702. The first-order valence-corrected chi connectivity index (χ1v) is 17.9. The fraction of sp³-hybridized carbons (Fsp3) is 0. The van der Waals surface area contributed by atoms with E-state index in [2.05, 4.69) is 146 Å². The zero-order chi connectivity index (χ0) is 33.7. The summed E-state index contributed by atoms with van der Waals surface area (Å²) in [6.45, 7) is 0. The van der Waals surface area contributed by atoms with E-state index in [0.29, 0.717) is 5.82 Å². The van der Waals surface area contributed by atoms with E-state index in [1.807, 2.05) is 41.7 Å². The first-order chi connectivity index (χ1) is 25.3. The Balaban J connectivity index is 1.20. The Kier molecular flexibility index (Phi) is 7.00. The van der Waals surface area contributed by atoms with Crippen molar-refractivity contribution in [2.75, 3.05) is 0 Å². The zero-order valence-electron chi connectivity index (χ0n) is 27.5. The lowest BCUT2D eigenvalue weighted by Gasteiger charge is -2.17. The van der Waals surface area contributed by atoms with Crippen LogP contribution in [0.2, 0.25) is 0 Å². The van der Waals surface area contributed by atoms with Gasteiger partial charge in [-0.25, -0.2) is 15.0 Å². The van der Waals surface area contributed by atoms with Crippen LogP contribution in [-0.4, -0.2) is 15.0 Å². The summed E-state index contributed by atoms with van der Waals surface area (Å²) in [5.41, 5.74) is 9.97. The van der Waals surface area contributed by atoms with Crippen LogP contribution < -0.4 is 0 Å². The number of rotatable bonds is 5. The highest BCUT2D eigenvalue weighted by atomic mass is 32.1. The number of nitrogens with zero attached hydrogens (tertiary/aromatic N) is 3. The quantitative estimate of drug-likeness (QED) is 0.171. The Morgan fingerprint density at radius 3 is 1.51 bits per heavy atom. The van der Waals surface area contributed by atoms with Crippen molar-refractivity contribution in [2.24, 2.45) is 0 Å². The van der Waals surface area contributed by atoms with Gasteiger partial charge in [0.1, 0.15) is 0 Å². The molecule has 0 radical (unpaired) electrons. The summed E-state index contributed by atoms with van der Waals surface area (Å²) >= 11 is 1.87. The minimum Gasteiger partial charge on any atom is -0.247 e. The van der Waals surface area contributed by atoms with Crippen LogP contribution in [0.1, 0.15) is 0 Å². The summed E-state index contributed by atoms with van der Waals surface area (Å²) in [4.78, 5) is 15.8. The minimum absolute atomic E-state index is 0.702. The maximum atomic E-state index is 5.29. The molecular weight excluding hydrogens is 639 g/mol. The van der Waals surface area contributed by atoms with Gasteiger partial charge in [-0.3, -0.25) is 0 Å². The lowest BCUT2D eigenvalue weighted by atomic mass is 9.92. The van der Waals surface area contributed by atoms with Crippen molar-refractivity contribution in [3.8, 4) is 56.3 Å². The van der Waals surface area contributed by atoms with E-state index in [1.165, 1.54) is 30.9 Å². The van der Waals surface area contributed by atoms with Gasteiger partial charge in [-0.15, -0.1) is 11.3 Å². The summed E-state index contributed by atoms with van der Waals surface area (Å²) in [6, 6.07) is 61.7. The van der Waals surface area contributed by atoms with Crippen LogP contribution in [0.15, 0.2) is 176 Å². The first-order valence-electron chi connectivity index (χ1n) is 17.1. The highest BCUT2D eigenvalue weighted by molar-refractivity contribution is 7.26. The molecule has 0 saturated heterocycles. The normalized spacial score (nSPS) is 11.5. The summed E-state index contributed by atoms with van der Waals surface area (Å²) in [5.74, 6) is 0.702. The summed E-state index contributed by atoms with van der Waals surface area (Å²) in [7, 11) is 0. The van der Waals surface area contributed by atoms with Gasteiger partial charge >= 0.3 is 0 Å². The van der Waals surface area contributed by atoms with Crippen molar-refractivity contribution < 1.29 is 0 Å². The zero-order valence-corrected chi connectivity index (χ0v) is 28.3. The maximum Gasteiger partial charge on any atom is 0.160 e. The van der Waals surface area contributed by atoms with E-state index in [0.717, 1.165) is 61.4 Å². The Bertz CT molecular complexity index is 2820. The smallest absolute Gasteiger partial charge is 0.160 e. The maximum absolute atomic E-state index is 5.29. The van der Waals surface area contributed by atoms with Gasteiger partial charge < -0.3 is 0 Å². The Labute approximate surface area is 299 Å². The van der Waals surface area contributed by atoms with E-state index < -0.39 is 0 Å². The van der Waals surface area contributed by atoms with Gasteiger partial charge in [0, 0.05) is 64.1 Å². The molecule has 0 aliphatic carbocycles. The molecule has 0 amide bonds. The number of para-hydroxylation sites is 1. The van der Waals surface area contributed by atoms with Crippen LogP contribution in [0.25, 0.3) is 98.1 Å². The fourth-order valence-corrected chi connectivity index (χ4v) is 8.56. The molecule has 3 aromatic heterocycles. The van der Waals surface area contributed by atoms with E-state index in [-0.39, 0.29) is 0 Å². The van der Waals surface area contributed by atoms with Crippen LogP contribution in [-0.2, 0) is 0 Å². The predicted octanol–water partition coefficient (Wildman–Crippen LogP) is 12.9. The Hall–Kier alpha value is -6.49. The van der Waals surface area contributed by atoms with Gasteiger partial charge in [0.05, 0.1) is 22.6 Å². The lowest BCUT2D eigenvalue weighted by molar-refractivity contribution is 1.18. The molecule has 3 heterocycles. The average Bonchev–Trinajstić information content (AvgIpc) is 3.60. The summed E-state index contributed by atoms with van der Waals surface area (Å²) in [5, 5.41) is 6.20. The molecule has 0 unspecified atom stereocenters. The van der Waals surface area contributed by atoms with Gasteiger partial charge in [0.2, 0.25) is 0 Å². The molecule has 0 N–H and O–H groups in total. The number of thiophene rings is 1. The molecule has 0 spiro atoms. The molecule has 0 aliphatic heterocycles. The second-order valence-electron chi connectivity index (χ2n) is 12.7. The van der Waals surface area contributed by atoms with Crippen LogP contribution in [0.4, 0.5) is 0 Å². The molecule has 0 bridgehead atoms. The van der Waals surface area contributed by atoms with E-state index in [4.69, 9.17) is 15.0 Å². The molecule has 4 heteroatoms. The second-order valence-corrected chi connectivity index (χ2v) is 13.8. The molecule has 10 aromatic rings. The monoisotopic (exact) mass is 667 g/mol. The van der Waals surface area contributed by atoms with E-state index in [1.54, 1.807) is 0 Å². The number of pyridine rings is 1. The highest BCUT2D eigenvalue weighted by Gasteiger charge is 2.21. The Morgan fingerprint density at radius 2 is 0.843 bits per heavy atom.